The number of nitrogens with zero attached hydrogens (tertiary/aromatic N) is 1. The second-order valence-electron chi connectivity index (χ2n) is 5.11. The first kappa shape index (κ1) is 17.5. The van der Waals surface area contributed by atoms with E-state index in [2.05, 4.69) is 15.8 Å². The zero-order valence-corrected chi connectivity index (χ0v) is 13.6. The molecule has 1 atom stereocenters. The molecule has 0 saturated heterocycles. The Kier molecular flexibility index (Phi) is 6.31. The fourth-order valence-corrected chi connectivity index (χ4v) is 1.95. The fourth-order valence-electron chi connectivity index (χ4n) is 1.95. The van der Waals surface area contributed by atoms with Crippen molar-refractivity contribution < 1.29 is 13.9 Å². The number of halogens is 1. The van der Waals surface area contributed by atoms with Crippen LogP contribution in [0.4, 0.5) is 10.1 Å². The molecular weight excluding hydrogens is 309 g/mol. The van der Waals surface area contributed by atoms with Gasteiger partial charge in [0.2, 0.25) is 0 Å². The Morgan fingerprint density at radius 1 is 1.21 bits per heavy atom. The first-order valence-electron chi connectivity index (χ1n) is 7.66. The normalized spacial score (nSPS) is 12.0. The molecule has 0 aromatic heterocycles. The van der Waals surface area contributed by atoms with E-state index in [0.717, 1.165) is 11.4 Å². The standard InChI is InChI=1S/C18H20FN3O2/c1-3-24-17-10-8-16(9-11-17)21-13(2)18(23)22-20-12-14-4-6-15(19)7-5-14/h4-13,21H,3H2,1-2H3,(H,22,23)/b20-12+. The minimum Gasteiger partial charge on any atom is -0.494 e. The average Bonchev–Trinajstić information content (AvgIpc) is 2.58. The topological polar surface area (TPSA) is 62.7 Å². The van der Waals surface area contributed by atoms with Crippen molar-refractivity contribution in [2.75, 3.05) is 11.9 Å². The van der Waals surface area contributed by atoms with Gasteiger partial charge < -0.3 is 10.1 Å². The van der Waals surface area contributed by atoms with Gasteiger partial charge in [-0.1, -0.05) is 12.1 Å². The smallest absolute Gasteiger partial charge is 0.262 e. The average molecular weight is 329 g/mol. The lowest BCUT2D eigenvalue weighted by molar-refractivity contribution is -0.121. The molecule has 2 aromatic carbocycles. The van der Waals surface area contributed by atoms with Crippen LogP contribution in [0.25, 0.3) is 0 Å². The zero-order valence-electron chi connectivity index (χ0n) is 13.6. The summed E-state index contributed by atoms with van der Waals surface area (Å²) in [6, 6.07) is 12.7. The van der Waals surface area contributed by atoms with Crippen LogP contribution in [0, 0.1) is 5.82 Å². The number of carbonyl (C=O) groups excluding carboxylic acids is 1. The van der Waals surface area contributed by atoms with E-state index in [1.165, 1.54) is 18.3 Å². The summed E-state index contributed by atoms with van der Waals surface area (Å²) in [4.78, 5) is 12.0. The predicted octanol–water partition coefficient (Wildman–Crippen LogP) is 3.18. The van der Waals surface area contributed by atoms with Crippen LogP contribution in [-0.4, -0.2) is 24.8 Å². The summed E-state index contributed by atoms with van der Waals surface area (Å²) in [5, 5.41) is 6.94. The number of benzene rings is 2. The number of carbonyl (C=O) groups is 1. The number of anilines is 1. The number of ether oxygens (including phenoxy) is 1. The molecule has 6 heteroatoms. The molecule has 0 spiro atoms. The molecule has 24 heavy (non-hydrogen) atoms. The second kappa shape index (κ2) is 8.67. The molecule has 2 rings (SSSR count). The minimum atomic E-state index is -0.465. The van der Waals surface area contributed by atoms with Gasteiger partial charge in [-0.05, 0) is 55.8 Å². The Hall–Kier alpha value is -2.89. The van der Waals surface area contributed by atoms with Crippen molar-refractivity contribution in [1.82, 2.24) is 5.43 Å². The summed E-state index contributed by atoms with van der Waals surface area (Å²) < 4.78 is 18.2. The van der Waals surface area contributed by atoms with E-state index in [-0.39, 0.29) is 11.7 Å². The Morgan fingerprint density at radius 3 is 2.50 bits per heavy atom. The molecule has 0 radical (unpaired) electrons. The van der Waals surface area contributed by atoms with E-state index >= 15 is 0 Å². The third kappa shape index (κ3) is 5.39. The van der Waals surface area contributed by atoms with Gasteiger partial charge in [-0.15, -0.1) is 0 Å². The summed E-state index contributed by atoms with van der Waals surface area (Å²) >= 11 is 0. The van der Waals surface area contributed by atoms with Crippen molar-refractivity contribution in [2.24, 2.45) is 5.10 Å². The van der Waals surface area contributed by atoms with Crippen molar-refractivity contribution in [3.63, 3.8) is 0 Å². The van der Waals surface area contributed by atoms with E-state index in [1.54, 1.807) is 19.1 Å². The molecular formula is C18H20FN3O2. The van der Waals surface area contributed by atoms with Gasteiger partial charge in [-0.25, -0.2) is 9.82 Å². The van der Waals surface area contributed by atoms with Gasteiger partial charge in [0.1, 0.15) is 17.6 Å². The maximum atomic E-state index is 12.8. The molecule has 126 valence electrons. The van der Waals surface area contributed by atoms with Gasteiger partial charge >= 0.3 is 0 Å². The largest absolute Gasteiger partial charge is 0.494 e. The lowest BCUT2D eigenvalue weighted by Gasteiger charge is -2.13. The van der Waals surface area contributed by atoms with Crippen molar-refractivity contribution in [2.45, 2.75) is 19.9 Å². The lowest BCUT2D eigenvalue weighted by Crippen LogP contribution is -2.34. The van der Waals surface area contributed by atoms with E-state index in [0.29, 0.717) is 12.2 Å². The first-order chi connectivity index (χ1) is 11.6. The van der Waals surface area contributed by atoms with Crippen LogP contribution in [0.3, 0.4) is 0 Å². The molecule has 0 aliphatic carbocycles. The van der Waals surface area contributed by atoms with Crippen molar-refractivity contribution in [3.8, 4) is 5.75 Å². The van der Waals surface area contributed by atoms with Crippen LogP contribution in [0.1, 0.15) is 19.4 Å². The van der Waals surface area contributed by atoms with Gasteiger partial charge in [-0.2, -0.15) is 5.10 Å². The first-order valence-corrected chi connectivity index (χ1v) is 7.66. The molecule has 0 saturated carbocycles. The van der Waals surface area contributed by atoms with Crippen LogP contribution in [0.5, 0.6) is 5.75 Å². The molecule has 0 aliphatic heterocycles. The number of rotatable bonds is 7. The monoisotopic (exact) mass is 329 g/mol. The van der Waals surface area contributed by atoms with E-state index < -0.39 is 6.04 Å². The molecule has 0 bridgehead atoms. The van der Waals surface area contributed by atoms with Crippen LogP contribution in [0.15, 0.2) is 53.6 Å². The maximum absolute atomic E-state index is 12.8. The molecule has 1 unspecified atom stereocenters. The van der Waals surface area contributed by atoms with Crippen LogP contribution >= 0.6 is 0 Å². The van der Waals surface area contributed by atoms with Crippen LogP contribution < -0.4 is 15.5 Å². The summed E-state index contributed by atoms with van der Waals surface area (Å²) in [7, 11) is 0. The highest BCUT2D eigenvalue weighted by molar-refractivity contribution is 5.86. The molecule has 2 N–H and O–H groups in total. The maximum Gasteiger partial charge on any atom is 0.262 e. The summed E-state index contributed by atoms with van der Waals surface area (Å²) in [6.07, 6.45) is 1.46. The highest BCUT2D eigenvalue weighted by Crippen LogP contribution is 2.16. The number of hydrazone groups is 1. The van der Waals surface area contributed by atoms with Crippen molar-refractivity contribution in [3.05, 3.63) is 59.9 Å². The Balaban J connectivity index is 1.84. The highest BCUT2D eigenvalue weighted by Gasteiger charge is 2.11. The third-order valence-electron chi connectivity index (χ3n) is 3.20. The quantitative estimate of drug-likeness (QED) is 0.606. The molecule has 0 heterocycles. The second-order valence-corrected chi connectivity index (χ2v) is 5.11. The molecule has 0 aliphatic rings. The number of nitrogens with one attached hydrogen (secondary N) is 2. The highest BCUT2D eigenvalue weighted by atomic mass is 19.1. The van der Waals surface area contributed by atoms with Gasteiger partial charge in [0.25, 0.3) is 5.91 Å². The molecule has 5 nitrogen and oxygen atoms in total. The zero-order chi connectivity index (χ0) is 17.4. The SMILES string of the molecule is CCOc1ccc(NC(C)C(=O)N/N=C/c2ccc(F)cc2)cc1. The molecule has 1 amide bonds. The Bertz CT molecular complexity index is 684. The van der Waals surface area contributed by atoms with E-state index in [4.69, 9.17) is 4.74 Å². The van der Waals surface area contributed by atoms with Crippen LogP contribution in [0.2, 0.25) is 0 Å². The summed E-state index contributed by atoms with van der Waals surface area (Å²) in [5.74, 6) is 0.190. The van der Waals surface area contributed by atoms with Crippen LogP contribution in [-0.2, 0) is 4.79 Å². The van der Waals surface area contributed by atoms with Crippen molar-refractivity contribution in [1.29, 1.82) is 0 Å². The Morgan fingerprint density at radius 2 is 1.88 bits per heavy atom. The van der Waals surface area contributed by atoms with Gasteiger partial charge in [0.15, 0.2) is 0 Å². The number of hydrogen-bond acceptors (Lipinski definition) is 4. The predicted molar refractivity (Wildman–Crippen MR) is 92.8 cm³/mol. The van der Waals surface area contributed by atoms with Gasteiger partial charge in [0, 0.05) is 5.69 Å². The lowest BCUT2D eigenvalue weighted by atomic mass is 10.2. The van der Waals surface area contributed by atoms with Gasteiger partial charge in [0.05, 0.1) is 12.8 Å². The van der Waals surface area contributed by atoms with Crippen molar-refractivity contribution >= 4 is 17.8 Å². The summed E-state index contributed by atoms with van der Waals surface area (Å²) in [6.45, 7) is 4.27. The molecule has 0 fully saturated rings. The minimum absolute atomic E-state index is 0.276. The third-order valence-corrected chi connectivity index (χ3v) is 3.20. The van der Waals surface area contributed by atoms with E-state index in [9.17, 15) is 9.18 Å². The fraction of sp³-hybridized carbons (Fsp3) is 0.222. The molecule has 2 aromatic rings. The number of amides is 1. The van der Waals surface area contributed by atoms with Gasteiger partial charge in [-0.3, -0.25) is 4.79 Å². The summed E-state index contributed by atoms with van der Waals surface area (Å²) in [5.41, 5.74) is 3.95. The Labute approximate surface area is 140 Å². The number of hydrogen-bond donors (Lipinski definition) is 2. The van der Waals surface area contributed by atoms with E-state index in [1.807, 2.05) is 31.2 Å².